The van der Waals surface area contributed by atoms with Crippen LogP contribution in [0, 0.1) is 25.7 Å². The van der Waals surface area contributed by atoms with Crippen LogP contribution >= 0.6 is 0 Å². The maximum Gasteiger partial charge on any atom is 0.250 e. The van der Waals surface area contributed by atoms with E-state index in [0.29, 0.717) is 5.69 Å². The highest BCUT2D eigenvalue weighted by Crippen LogP contribution is 2.60. The lowest BCUT2D eigenvalue weighted by atomic mass is 9.75. The van der Waals surface area contributed by atoms with Crippen molar-refractivity contribution in [3.05, 3.63) is 59.2 Å². The first kappa shape index (κ1) is 17.8. The Morgan fingerprint density at radius 2 is 1.70 bits per heavy atom. The van der Waals surface area contributed by atoms with Gasteiger partial charge in [-0.1, -0.05) is 36.4 Å². The Balaban J connectivity index is 1.58. The Bertz CT molecular complexity index is 1120. The SMILES string of the molecule is Cc1cccc(C)c1N1C(=O)[C@@H]2[C@@H]3CCCN3[C@@]3(C(=O)Nc4ccccc43)[C@H]2C1=O. The van der Waals surface area contributed by atoms with Crippen molar-refractivity contribution in [1.82, 2.24) is 4.90 Å². The minimum absolute atomic E-state index is 0.0855. The lowest BCUT2D eigenvalue weighted by molar-refractivity contribution is -0.135. The quantitative estimate of drug-likeness (QED) is 0.746. The van der Waals surface area contributed by atoms with Gasteiger partial charge in [-0.05, 0) is 50.4 Å². The van der Waals surface area contributed by atoms with Crippen LogP contribution in [0.1, 0.15) is 29.5 Å². The molecule has 3 fully saturated rings. The highest BCUT2D eigenvalue weighted by atomic mass is 16.2. The fourth-order valence-electron chi connectivity index (χ4n) is 6.54. The van der Waals surface area contributed by atoms with Gasteiger partial charge >= 0.3 is 0 Å². The second-order valence-corrected chi connectivity index (χ2v) is 8.92. The molecule has 0 bridgehead atoms. The molecule has 6 nitrogen and oxygen atoms in total. The smallest absolute Gasteiger partial charge is 0.250 e. The van der Waals surface area contributed by atoms with Gasteiger partial charge in [-0.2, -0.15) is 0 Å². The number of nitrogens with zero attached hydrogens (tertiary/aromatic N) is 2. The van der Waals surface area contributed by atoms with Gasteiger partial charge in [0.2, 0.25) is 17.7 Å². The maximum atomic E-state index is 13.9. The summed E-state index contributed by atoms with van der Waals surface area (Å²) in [4.78, 5) is 44.8. The molecule has 2 aromatic rings. The molecule has 6 rings (SSSR count). The van der Waals surface area contributed by atoms with Crippen molar-refractivity contribution in [1.29, 1.82) is 0 Å². The van der Waals surface area contributed by atoms with Crippen molar-refractivity contribution in [3.8, 4) is 0 Å². The fraction of sp³-hybridized carbons (Fsp3) is 0.375. The number of anilines is 2. The number of fused-ring (bicyclic) bond motifs is 7. The van der Waals surface area contributed by atoms with Crippen molar-refractivity contribution in [3.63, 3.8) is 0 Å². The summed E-state index contributed by atoms with van der Waals surface area (Å²) in [7, 11) is 0. The van der Waals surface area contributed by atoms with E-state index in [9.17, 15) is 14.4 Å². The first-order chi connectivity index (χ1) is 14.5. The number of nitrogens with one attached hydrogen (secondary N) is 1. The predicted octanol–water partition coefficient (Wildman–Crippen LogP) is 2.73. The lowest BCUT2D eigenvalue weighted by Crippen LogP contribution is -2.54. The Hall–Kier alpha value is -2.99. The van der Waals surface area contributed by atoms with Crippen LogP contribution < -0.4 is 10.2 Å². The maximum absolute atomic E-state index is 13.9. The van der Waals surface area contributed by atoms with Gasteiger partial charge in [0.05, 0.1) is 17.5 Å². The van der Waals surface area contributed by atoms with E-state index in [1.807, 2.05) is 56.3 Å². The number of carbonyl (C=O) groups is 3. The first-order valence-electron chi connectivity index (χ1n) is 10.6. The second-order valence-electron chi connectivity index (χ2n) is 8.92. The monoisotopic (exact) mass is 401 g/mol. The summed E-state index contributed by atoms with van der Waals surface area (Å²) in [6.45, 7) is 4.57. The zero-order valence-electron chi connectivity index (χ0n) is 17.0. The molecular formula is C24H23N3O3. The Morgan fingerprint density at radius 3 is 2.47 bits per heavy atom. The highest BCUT2D eigenvalue weighted by molar-refractivity contribution is 6.26. The molecule has 0 aromatic heterocycles. The van der Waals surface area contributed by atoms with Gasteiger partial charge in [0.25, 0.3) is 0 Å². The molecule has 0 aliphatic carbocycles. The molecule has 30 heavy (non-hydrogen) atoms. The molecule has 152 valence electrons. The third kappa shape index (κ3) is 1.86. The van der Waals surface area contributed by atoms with Crippen molar-refractivity contribution in [2.45, 2.75) is 38.3 Å². The summed E-state index contributed by atoms with van der Waals surface area (Å²) in [6, 6.07) is 13.3. The average molecular weight is 401 g/mol. The van der Waals surface area contributed by atoms with Gasteiger partial charge in [-0.15, -0.1) is 0 Å². The van der Waals surface area contributed by atoms with Crippen LogP contribution in [-0.2, 0) is 19.9 Å². The van der Waals surface area contributed by atoms with Gasteiger partial charge in [-0.3, -0.25) is 19.3 Å². The lowest BCUT2D eigenvalue weighted by Gasteiger charge is -2.36. The minimum atomic E-state index is -1.10. The summed E-state index contributed by atoms with van der Waals surface area (Å²) in [5.74, 6) is -1.77. The van der Waals surface area contributed by atoms with Crippen LogP contribution in [-0.4, -0.2) is 35.2 Å². The number of amides is 3. The topological polar surface area (TPSA) is 69.7 Å². The number of benzene rings is 2. The molecule has 6 heteroatoms. The van der Waals surface area contributed by atoms with Crippen molar-refractivity contribution in [2.75, 3.05) is 16.8 Å². The first-order valence-corrected chi connectivity index (χ1v) is 10.6. The van der Waals surface area contributed by atoms with E-state index in [4.69, 9.17) is 0 Å². The number of hydrogen-bond acceptors (Lipinski definition) is 4. The van der Waals surface area contributed by atoms with E-state index in [-0.39, 0.29) is 23.8 Å². The third-order valence-corrected chi connectivity index (χ3v) is 7.56. The zero-order chi connectivity index (χ0) is 20.8. The molecule has 0 radical (unpaired) electrons. The van der Waals surface area contributed by atoms with E-state index in [2.05, 4.69) is 10.2 Å². The fourth-order valence-corrected chi connectivity index (χ4v) is 6.54. The van der Waals surface area contributed by atoms with E-state index >= 15 is 0 Å². The summed E-state index contributed by atoms with van der Waals surface area (Å²) in [5, 5.41) is 3.01. The summed E-state index contributed by atoms with van der Waals surface area (Å²) in [6.07, 6.45) is 1.76. The van der Waals surface area contributed by atoms with Gasteiger partial charge in [0.1, 0.15) is 5.54 Å². The van der Waals surface area contributed by atoms with Gasteiger partial charge in [-0.25, -0.2) is 4.90 Å². The van der Waals surface area contributed by atoms with Gasteiger partial charge < -0.3 is 5.32 Å². The number of carbonyl (C=O) groups excluding carboxylic acids is 3. The van der Waals surface area contributed by atoms with E-state index < -0.39 is 17.4 Å². The van der Waals surface area contributed by atoms with Gasteiger partial charge in [0.15, 0.2) is 0 Å². The summed E-state index contributed by atoms with van der Waals surface area (Å²) < 4.78 is 0. The van der Waals surface area contributed by atoms with Crippen molar-refractivity contribution in [2.24, 2.45) is 11.8 Å². The molecule has 0 saturated carbocycles. The van der Waals surface area contributed by atoms with Crippen LogP contribution in [0.3, 0.4) is 0 Å². The molecule has 1 N–H and O–H groups in total. The molecule has 3 amide bonds. The third-order valence-electron chi connectivity index (χ3n) is 7.56. The molecule has 4 heterocycles. The Morgan fingerprint density at radius 1 is 0.967 bits per heavy atom. The highest BCUT2D eigenvalue weighted by Gasteiger charge is 2.74. The zero-order valence-corrected chi connectivity index (χ0v) is 17.0. The standard InChI is InChI=1S/C24H23N3O3/c1-13-7-5-8-14(2)20(13)27-21(28)18-17-11-6-12-26(17)24(19(18)22(27)29)15-9-3-4-10-16(15)25-23(24)30/h3-5,7-10,17-19H,6,11-12H2,1-2H3,(H,25,30)/t17-,18+,19+,24+/m0/s1. The molecule has 4 aliphatic heterocycles. The summed E-state index contributed by atoms with van der Waals surface area (Å²) >= 11 is 0. The van der Waals surface area contributed by atoms with Crippen LogP contribution in [0.5, 0.6) is 0 Å². The Labute approximate surface area is 174 Å². The number of rotatable bonds is 1. The molecule has 4 aliphatic rings. The largest absolute Gasteiger partial charge is 0.324 e. The molecular weight excluding hydrogens is 378 g/mol. The number of para-hydroxylation sites is 2. The molecule has 2 aromatic carbocycles. The number of aryl methyl sites for hydroxylation is 2. The number of hydrogen-bond donors (Lipinski definition) is 1. The Kier molecular flexibility index (Phi) is 3.44. The molecule has 1 spiro atoms. The molecule has 3 saturated heterocycles. The minimum Gasteiger partial charge on any atom is -0.324 e. The normalized spacial score (nSPS) is 32.0. The average Bonchev–Trinajstić information content (AvgIpc) is 3.42. The van der Waals surface area contributed by atoms with Crippen molar-refractivity contribution < 1.29 is 14.4 Å². The second kappa shape index (κ2) is 5.79. The van der Waals surface area contributed by atoms with Crippen molar-refractivity contribution >= 4 is 29.1 Å². The van der Waals surface area contributed by atoms with E-state index in [1.165, 1.54) is 4.90 Å². The molecule has 4 atom stereocenters. The summed E-state index contributed by atoms with van der Waals surface area (Å²) in [5.41, 5.74) is 2.95. The van der Waals surface area contributed by atoms with Gasteiger partial charge in [0, 0.05) is 17.3 Å². The van der Waals surface area contributed by atoms with E-state index in [0.717, 1.165) is 41.8 Å². The van der Waals surface area contributed by atoms with E-state index in [1.54, 1.807) is 0 Å². The molecule has 0 unspecified atom stereocenters. The van der Waals surface area contributed by atoms with Crippen LogP contribution in [0.2, 0.25) is 0 Å². The number of imide groups is 1. The van der Waals surface area contributed by atoms with Crippen LogP contribution in [0.25, 0.3) is 0 Å². The predicted molar refractivity (Wildman–Crippen MR) is 112 cm³/mol. The van der Waals surface area contributed by atoms with Crippen LogP contribution in [0.15, 0.2) is 42.5 Å². The van der Waals surface area contributed by atoms with Crippen LogP contribution in [0.4, 0.5) is 11.4 Å².